The molecule has 1 atom stereocenters. The van der Waals surface area contributed by atoms with Crippen LogP contribution in [0.25, 0.3) is 10.9 Å². The molecular formula is C20H17FN2O3. The summed E-state index contributed by atoms with van der Waals surface area (Å²) in [6.45, 7) is 0.472. The Morgan fingerprint density at radius 3 is 2.73 bits per heavy atom. The molecule has 132 valence electrons. The number of benzene rings is 2. The van der Waals surface area contributed by atoms with Crippen LogP contribution in [0.1, 0.15) is 33.6 Å². The van der Waals surface area contributed by atoms with Gasteiger partial charge in [0.25, 0.3) is 0 Å². The molecule has 1 aliphatic heterocycles. The van der Waals surface area contributed by atoms with E-state index in [-0.39, 0.29) is 16.7 Å². The van der Waals surface area contributed by atoms with Gasteiger partial charge in [-0.05, 0) is 37.1 Å². The predicted molar refractivity (Wildman–Crippen MR) is 94.2 cm³/mol. The minimum Gasteiger partial charge on any atom is -0.363 e. The number of halogens is 1. The van der Waals surface area contributed by atoms with Crippen molar-refractivity contribution >= 4 is 22.7 Å². The molecule has 1 fully saturated rings. The van der Waals surface area contributed by atoms with Gasteiger partial charge >= 0.3 is 5.97 Å². The highest BCUT2D eigenvalue weighted by Crippen LogP contribution is 2.27. The molecule has 3 aromatic rings. The molecule has 2 aromatic carbocycles. The van der Waals surface area contributed by atoms with E-state index < -0.39 is 17.8 Å². The van der Waals surface area contributed by atoms with Crippen molar-refractivity contribution in [1.82, 2.24) is 10.0 Å². The average Bonchev–Trinajstić information content (AvgIpc) is 3.29. The Morgan fingerprint density at radius 2 is 1.92 bits per heavy atom. The Hall–Kier alpha value is -2.99. The minimum absolute atomic E-state index is 0.250. The molecule has 1 N–H and O–H groups in total. The molecule has 0 unspecified atom stereocenters. The van der Waals surface area contributed by atoms with Crippen molar-refractivity contribution in [3.05, 3.63) is 71.7 Å². The summed E-state index contributed by atoms with van der Waals surface area (Å²) in [4.78, 5) is 33.6. The fraction of sp³-hybridized carbons (Fsp3) is 0.200. The van der Waals surface area contributed by atoms with Gasteiger partial charge in [0, 0.05) is 29.2 Å². The molecule has 1 aromatic heterocycles. The second kappa shape index (κ2) is 6.72. The first-order valence-electron chi connectivity index (χ1n) is 8.49. The number of Topliss-reactive ketones (excluding diaryl/α,β-unsaturated/α-hetero) is 1. The first kappa shape index (κ1) is 16.5. The molecule has 1 aliphatic rings. The van der Waals surface area contributed by atoms with E-state index in [2.05, 4.69) is 4.98 Å². The van der Waals surface area contributed by atoms with Crippen molar-refractivity contribution in [3.63, 3.8) is 0 Å². The molecule has 5 nitrogen and oxygen atoms in total. The van der Waals surface area contributed by atoms with Gasteiger partial charge in [-0.3, -0.25) is 4.79 Å². The third-order valence-corrected chi connectivity index (χ3v) is 4.64. The van der Waals surface area contributed by atoms with Crippen LogP contribution in [-0.4, -0.2) is 34.4 Å². The minimum atomic E-state index is -0.610. The van der Waals surface area contributed by atoms with Crippen molar-refractivity contribution in [1.29, 1.82) is 0 Å². The topological polar surface area (TPSA) is 62.4 Å². The highest BCUT2D eigenvalue weighted by molar-refractivity contribution is 6.10. The summed E-state index contributed by atoms with van der Waals surface area (Å²) in [6, 6.07) is 12.6. The number of aromatic amines is 1. The SMILES string of the molecule is O=C(ON1CCC[C@H]1C(=O)c1c[nH]c2cccc(F)c12)c1ccccc1. The Morgan fingerprint density at radius 1 is 1.12 bits per heavy atom. The van der Waals surface area contributed by atoms with Crippen LogP contribution in [0.2, 0.25) is 0 Å². The van der Waals surface area contributed by atoms with Gasteiger partial charge in [-0.2, -0.15) is 0 Å². The summed E-state index contributed by atoms with van der Waals surface area (Å²) in [5.74, 6) is -1.20. The molecule has 1 saturated heterocycles. The second-order valence-electron chi connectivity index (χ2n) is 6.27. The third kappa shape index (κ3) is 2.88. The van der Waals surface area contributed by atoms with Crippen LogP contribution in [0, 0.1) is 5.82 Å². The van der Waals surface area contributed by atoms with E-state index in [0.29, 0.717) is 24.0 Å². The molecule has 4 rings (SSSR count). The zero-order valence-corrected chi connectivity index (χ0v) is 13.9. The van der Waals surface area contributed by atoms with E-state index in [4.69, 9.17) is 4.84 Å². The number of carbonyl (C=O) groups is 2. The zero-order valence-electron chi connectivity index (χ0n) is 13.9. The van der Waals surface area contributed by atoms with Crippen LogP contribution in [0.4, 0.5) is 4.39 Å². The lowest BCUT2D eigenvalue weighted by atomic mass is 10.0. The van der Waals surface area contributed by atoms with Gasteiger partial charge in [-0.25, -0.2) is 9.18 Å². The monoisotopic (exact) mass is 352 g/mol. The standard InChI is InChI=1S/C20H17FN2O3/c21-15-8-4-9-16-18(15)14(12-22-16)19(24)17-10-5-11-23(17)26-20(25)13-6-2-1-3-7-13/h1-4,6-9,12,17,22H,5,10-11H2/t17-/m0/s1. The number of hydrogen-bond donors (Lipinski definition) is 1. The summed E-state index contributed by atoms with van der Waals surface area (Å²) < 4.78 is 14.2. The second-order valence-corrected chi connectivity index (χ2v) is 6.27. The summed E-state index contributed by atoms with van der Waals surface area (Å²) in [6.07, 6.45) is 2.80. The van der Waals surface area contributed by atoms with Crippen LogP contribution in [0.3, 0.4) is 0 Å². The number of aromatic nitrogens is 1. The van der Waals surface area contributed by atoms with Crippen molar-refractivity contribution in [2.75, 3.05) is 6.54 Å². The number of rotatable bonds is 4. The molecule has 0 spiro atoms. The highest BCUT2D eigenvalue weighted by Gasteiger charge is 2.35. The first-order valence-corrected chi connectivity index (χ1v) is 8.49. The molecule has 0 amide bonds. The van der Waals surface area contributed by atoms with Crippen molar-refractivity contribution in [3.8, 4) is 0 Å². The lowest BCUT2D eigenvalue weighted by molar-refractivity contribution is -0.109. The normalized spacial score (nSPS) is 17.5. The quantitative estimate of drug-likeness (QED) is 0.727. The van der Waals surface area contributed by atoms with Crippen LogP contribution >= 0.6 is 0 Å². The Bertz CT molecular complexity index is 968. The number of H-pyrrole nitrogens is 1. The van der Waals surface area contributed by atoms with E-state index in [9.17, 15) is 14.0 Å². The Balaban J connectivity index is 1.58. The summed E-state index contributed by atoms with van der Waals surface area (Å²) in [7, 11) is 0. The van der Waals surface area contributed by atoms with Gasteiger partial charge in [-0.1, -0.05) is 24.3 Å². The molecule has 2 heterocycles. The van der Waals surface area contributed by atoms with Gasteiger partial charge in [0.05, 0.1) is 5.56 Å². The van der Waals surface area contributed by atoms with Gasteiger partial charge in [0.15, 0.2) is 5.78 Å². The van der Waals surface area contributed by atoms with Crippen molar-refractivity contribution in [2.24, 2.45) is 0 Å². The fourth-order valence-electron chi connectivity index (χ4n) is 3.36. The van der Waals surface area contributed by atoms with Gasteiger partial charge in [0.2, 0.25) is 0 Å². The number of hydrogen-bond acceptors (Lipinski definition) is 4. The molecule has 6 heteroatoms. The molecular weight excluding hydrogens is 335 g/mol. The molecule has 0 bridgehead atoms. The predicted octanol–water partition coefficient (Wildman–Crippen LogP) is 3.73. The van der Waals surface area contributed by atoms with E-state index >= 15 is 0 Å². The number of fused-ring (bicyclic) bond motifs is 1. The van der Waals surface area contributed by atoms with Gasteiger partial charge < -0.3 is 9.82 Å². The Kier molecular flexibility index (Phi) is 4.26. The smallest absolute Gasteiger partial charge is 0.357 e. The summed E-state index contributed by atoms with van der Waals surface area (Å²) >= 11 is 0. The average molecular weight is 352 g/mol. The maximum Gasteiger partial charge on any atom is 0.357 e. The largest absolute Gasteiger partial charge is 0.363 e. The maximum absolute atomic E-state index is 14.2. The third-order valence-electron chi connectivity index (χ3n) is 4.64. The number of ketones is 1. The van der Waals surface area contributed by atoms with E-state index in [1.165, 1.54) is 17.3 Å². The van der Waals surface area contributed by atoms with Crippen molar-refractivity contribution in [2.45, 2.75) is 18.9 Å². The van der Waals surface area contributed by atoms with Crippen LogP contribution < -0.4 is 0 Å². The summed E-state index contributed by atoms with van der Waals surface area (Å²) in [5.41, 5.74) is 1.27. The lowest BCUT2D eigenvalue weighted by Gasteiger charge is -2.22. The van der Waals surface area contributed by atoms with Gasteiger partial charge in [-0.15, -0.1) is 5.06 Å². The molecule has 0 radical (unpaired) electrons. The number of nitrogens with zero attached hydrogens (tertiary/aromatic N) is 1. The first-order chi connectivity index (χ1) is 12.6. The molecule has 0 aliphatic carbocycles. The van der Waals surface area contributed by atoms with Crippen molar-refractivity contribution < 1.29 is 18.8 Å². The lowest BCUT2D eigenvalue weighted by Crippen LogP contribution is -2.37. The van der Waals surface area contributed by atoms with E-state index in [0.717, 1.165) is 6.42 Å². The zero-order chi connectivity index (χ0) is 18.1. The Labute approximate surface area is 149 Å². The highest BCUT2D eigenvalue weighted by atomic mass is 19.1. The molecule has 26 heavy (non-hydrogen) atoms. The summed E-state index contributed by atoms with van der Waals surface area (Å²) in [5, 5.41) is 1.69. The van der Waals surface area contributed by atoms with E-state index in [1.807, 2.05) is 6.07 Å². The van der Waals surface area contributed by atoms with Crippen LogP contribution in [0.5, 0.6) is 0 Å². The van der Waals surface area contributed by atoms with E-state index in [1.54, 1.807) is 36.4 Å². The number of hydroxylamine groups is 2. The number of nitrogens with one attached hydrogen (secondary N) is 1. The number of carbonyl (C=O) groups excluding carboxylic acids is 2. The van der Waals surface area contributed by atoms with Gasteiger partial charge in [0.1, 0.15) is 11.9 Å². The maximum atomic E-state index is 14.2. The molecule has 0 saturated carbocycles. The van der Waals surface area contributed by atoms with Crippen LogP contribution in [-0.2, 0) is 4.84 Å². The van der Waals surface area contributed by atoms with Crippen LogP contribution in [0.15, 0.2) is 54.7 Å². The fourth-order valence-corrected chi connectivity index (χ4v) is 3.36.